The van der Waals surface area contributed by atoms with E-state index in [4.69, 9.17) is 0 Å². The van der Waals surface area contributed by atoms with Crippen LogP contribution in [0.25, 0.3) is 22.0 Å². The van der Waals surface area contributed by atoms with Crippen LogP contribution in [-0.4, -0.2) is 22.3 Å². The topological polar surface area (TPSA) is 36.1 Å². The Morgan fingerprint density at radius 2 is 1.90 bits per heavy atom. The number of nitrogens with one attached hydrogen (secondary N) is 1. The molecule has 0 spiro atoms. The van der Waals surface area contributed by atoms with Gasteiger partial charge in [-0.3, -0.25) is 4.79 Å². The van der Waals surface area contributed by atoms with Gasteiger partial charge in [-0.25, -0.2) is 4.39 Å². The van der Waals surface area contributed by atoms with E-state index in [0.29, 0.717) is 34.1 Å². The lowest BCUT2D eigenvalue weighted by atomic mass is 9.96. The summed E-state index contributed by atoms with van der Waals surface area (Å²) in [5.74, 6) is -0.474. The zero-order chi connectivity index (χ0) is 20.8. The van der Waals surface area contributed by atoms with Crippen molar-refractivity contribution >= 4 is 16.8 Å². The Hall–Kier alpha value is -2.83. The van der Waals surface area contributed by atoms with Crippen LogP contribution < -0.4 is 0 Å². The van der Waals surface area contributed by atoms with Crippen LogP contribution in [0.5, 0.6) is 0 Å². The first-order valence-electron chi connectivity index (χ1n) is 9.54. The zero-order valence-corrected chi connectivity index (χ0v) is 15.8. The molecule has 0 atom stereocenters. The number of benzene rings is 2. The van der Waals surface area contributed by atoms with Crippen LogP contribution in [0.2, 0.25) is 0 Å². The smallest absolute Gasteiger partial charge is 0.361 e. The maximum absolute atomic E-state index is 13.8. The van der Waals surface area contributed by atoms with E-state index in [1.165, 1.54) is 18.2 Å². The van der Waals surface area contributed by atoms with E-state index < -0.39 is 17.6 Å². The fourth-order valence-corrected chi connectivity index (χ4v) is 3.62. The molecule has 1 aliphatic carbocycles. The Kier molecular flexibility index (Phi) is 4.84. The Bertz CT molecular complexity index is 1070. The maximum atomic E-state index is 13.8. The van der Waals surface area contributed by atoms with Gasteiger partial charge in [0, 0.05) is 41.7 Å². The van der Waals surface area contributed by atoms with Crippen molar-refractivity contribution in [2.24, 2.45) is 5.92 Å². The number of hydrogen-bond donors (Lipinski definition) is 1. The highest BCUT2D eigenvalue weighted by molar-refractivity contribution is 5.96. The molecular weight excluding hydrogens is 384 g/mol. The Balaban J connectivity index is 1.82. The normalized spacial score (nSPS) is 14.4. The van der Waals surface area contributed by atoms with E-state index >= 15 is 0 Å². The average Bonchev–Trinajstić information content (AvgIpc) is 3.45. The number of carbonyl (C=O) groups is 1. The summed E-state index contributed by atoms with van der Waals surface area (Å²) in [6.07, 6.45) is -1.18. The number of nitrogens with zero attached hydrogens (tertiary/aromatic N) is 1. The number of aromatic amines is 1. The van der Waals surface area contributed by atoms with Gasteiger partial charge in [0.25, 0.3) is 0 Å². The number of rotatable bonds is 5. The Morgan fingerprint density at radius 3 is 2.55 bits per heavy atom. The van der Waals surface area contributed by atoms with Gasteiger partial charge >= 0.3 is 6.18 Å². The van der Waals surface area contributed by atoms with Gasteiger partial charge in [-0.1, -0.05) is 6.07 Å². The van der Waals surface area contributed by atoms with Gasteiger partial charge in [-0.2, -0.15) is 13.2 Å². The highest BCUT2D eigenvalue weighted by atomic mass is 19.4. The van der Waals surface area contributed by atoms with Crippen molar-refractivity contribution in [3.63, 3.8) is 0 Å². The van der Waals surface area contributed by atoms with Gasteiger partial charge in [0.2, 0.25) is 5.91 Å². The first-order valence-corrected chi connectivity index (χ1v) is 9.54. The third kappa shape index (κ3) is 3.86. The van der Waals surface area contributed by atoms with Crippen LogP contribution in [-0.2, 0) is 17.5 Å². The second-order valence-corrected chi connectivity index (χ2v) is 7.39. The third-order valence-electron chi connectivity index (χ3n) is 5.35. The van der Waals surface area contributed by atoms with Crippen molar-refractivity contribution < 1.29 is 22.4 Å². The number of amides is 1. The van der Waals surface area contributed by atoms with Gasteiger partial charge in [0.05, 0.1) is 5.56 Å². The highest BCUT2D eigenvalue weighted by Gasteiger charge is 2.34. The van der Waals surface area contributed by atoms with Crippen LogP contribution in [0.1, 0.15) is 30.9 Å². The molecule has 7 heteroatoms. The molecule has 152 valence electrons. The van der Waals surface area contributed by atoms with Crippen LogP contribution in [0.15, 0.2) is 42.6 Å². The Morgan fingerprint density at radius 1 is 1.14 bits per heavy atom. The molecule has 1 heterocycles. The fraction of sp³-hybridized carbons (Fsp3) is 0.318. The molecule has 1 fully saturated rings. The number of carbonyl (C=O) groups excluding carboxylic acids is 1. The molecular formula is C22H20F4N2O. The summed E-state index contributed by atoms with van der Waals surface area (Å²) in [6.45, 7) is 2.30. The molecule has 1 saturated carbocycles. The summed E-state index contributed by atoms with van der Waals surface area (Å²) in [7, 11) is 0. The lowest BCUT2D eigenvalue weighted by Gasteiger charge is -2.23. The third-order valence-corrected chi connectivity index (χ3v) is 5.35. The summed E-state index contributed by atoms with van der Waals surface area (Å²) >= 11 is 0. The number of halogens is 4. The van der Waals surface area contributed by atoms with Crippen LogP contribution in [0.3, 0.4) is 0 Å². The molecule has 4 rings (SSSR count). The minimum atomic E-state index is -4.49. The van der Waals surface area contributed by atoms with Crippen molar-refractivity contribution in [2.45, 2.75) is 32.5 Å². The molecule has 0 unspecified atom stereocenters. The standard InChI is InChI=1S/C22H20F4N2O/c1-2-28(21(29)13-3-4-13)12-14-9-15(22(24,25)26)5-7-17(14)19-11-27-20-8-6-16(23)10-18(19)20/h5-11,13,27H,2-4,12H2,1H3. The van der Waals surface area contributed by atoms with Crippen molar-refractivity contribution in [1.82, 2.24) is 9.88 Å². The molecule has 29 heavy (non-hydrogen) atoms. The van der Waals surface area contributed by atoms with Gasteiger partial charge in [0.15, 0.2) is 0 Å². The van der Waals surface area contributed by atoms with Gasteiger partial charge in [-0.15, -0.1) is 0 Å². The van der Waals surface area contributed by atoms with E-state index in [-0.39, 0.29) is 18.4 Å². The lowest BCUT2D eigenvalue weighted by Crippen LogP contribution is -2.31. The van der Waals surface area contributed by atoms with E-state index in [2.05, 4.69) is 4.98 Å². The number of hydrogen-bond acceptors (Lipinski definition) is 1. The average molecular weight is 404 g/mol. The van der Waals surface area contributed by atoms with Gasteiger partial charge in [-0.05, 0) is 61.2 Å². The van der Waals surface area contributed by atoms with Crippen molar-refractivity contribution in [1.29, 1.82) is 0 Å². The number of H-pyrrole nitrogens is 1. The van der Waals surface area contributed by atoms with Crippen LogP contribution in [0, 0.1) is 11.7 Å². The SMILES string of the molecule is CCN(Cc1cc(C(F)(F)F)ccc1-c1c[nH]c2ccc(F)cc12)C(=O)C1CC1. The first-order chi connectivity index (χ1) is 13.8. The predicted octanol–water partition coefficient (Wildman–Crippen LogP) is 5.75. The molecule has 0 radical (unpaired) electrons. The quantitative estimate of drug-likeness (QED) is 0.540. The molecule has 1 amide bonds. The molecule has 0 bridgehead atoms. The van der Waals surface area contributed by atoms with Crippen LogP contribution >= 0.6 is 0 Å². The van der Waals surface area contributed by atoms with E-state index in [1.54, 1.807) is 17.2 Å². The Labute approximate surface area is 165 Å². The second kappa shape index (κ2) is 7.21. The summed E-state index contributed by atoms with van der Waals surface area (Å²) < 4.78 is 53.8. The van der Waals surface area contributed by atoms with Crippen molar-refractivity contribution in [3.05, 3.63) is 59.5 Å². The summed E-state index contributed by atoms with van der Waals surface area (Å²) in [4.78, 5) is 17.1. The first kappa shape index (κ1) is 19.5. The largest absolute Gasteiger partial charge is 0.416 e. The minimum absolute atomic E-state index is 0.0219. The maximum Gasteiger partial charge on any atom is 0.416 e. The molecule has 3 aromatic rings. The van der Waals surface area contributed by atoms with Crippen molar-refractivity contribution in [3.8, 4) is 11.1 Å². The monoisotopic (exact) mass is 404 g/mol. The predicted molar refractivity (Wildman–Crippen MR) is 103 cm³/mol. The van der Waals surface area contributed by atoms with E-state index in [9.17, 15) is 22.4 Å². The molecule has 1 N–H and O–H groups in total. The molecule has 1 aliphatic rings. The number of alkyl halides is 3. The van der Waals surface area contributed by atoms with Gasteiger partial charge < -0.3 is 9.88 Å². The number of aromatic nitrogens is 1. The molecule has 3 nitrogen and oxygen atoms in total. The molecule has 1 aromatic heterocycles. The van der Waals surface area contributed by atoms with Gasteiger partial charge in [0.1, 0.15) is 5.82 Å². The fourth-order valence-electron chi connectivity index (χ4n) is 3.62. The molecule has 0 saturated heterocycles. The van der Waals surface area contributed by atoms with E-state index in [1.807, 2.05) is 6.92 Å². The summed E-state index contributed by atoms with van der Waals surface area (Å²) in [5, 5.41) is 0.586. The summed E-state index contributed by atoms with van der Waals surface area (Å²) in [6, 6.07) is 7.79. The van der Waals surface area contributed by atoms with Crippen LogP contribution in [0.4, 0.5) is 17.6 Å². The van der Waals surface area contributed by atoms with Crippen molar-refractivity contribution in [2.75, 3.05) is 6.54 Å². The second-order valence-electron chi connectivity index (χ2n) is 7.39. The molecule has 0 aliphatic heterocycles. The minimum Gasteiger partial charge on any atom is -0.361 e. The lowest BCUT2D eigenvalue weighted by molar-refractivity contribution is -0.137. The number of fused-ring (bicyclic) bond motifs is 1. The molecule has 2 aromatic carbocycles. The van der Waals surface area contributed by atoms with E-state index in [0.717, 1.165) is 25.0 Å². The zero-order valence-electron chi connectivity index (χ0n) is 15.8. The summed E-state index contributed by atoms with van der Waals surface area (Å²) in [5.41, 5.74) is 1.47. The highest BCUT2D eigenvalue weighted by Crippen LogP contribution is 2.37.